The lowest BCUT2D eigenvalue weighted by Crippen LogP contribution is -2.50. The lowest BCUT2D eigenvalue weighted by molar-refractivity contribution is -0.124. The number of carbonyl (C=O) groups is 3. The van der Waals surface area contributed by atoms with Crippen LogP contribution in [0.5, 0.6) is 5.75 Å². The van der Waals surface area contributed by atoms with E-state index in [2.05, 4.69) is 25.6 Å². The molecule has 4 heterocycles. The summed E-state index contributed by atoms with van der Waals surface area (Å²) in [4.78, 5) is 65.4. The van der Waals surface area contributed by atoms with Crippen LogP contribution in [-0.2, 0) is 17.9 Å². The molecule has 2 aliphatic rings. The van der Waals surface area contributed by atoms with Crippen LogP contribution in [0.15, 0.2) is 23.3 Å². The van der Waals surface area contributed by atoms with Crippen molar-refractivity contribution >= 4 is 28.9 Å². The zero-order valence-electron chi connectivity index (χ0n) is 22.4. The zero-order chi connectivity index (χ0) is 28.0. The van der Waals surface area contributed by atoms with Crippen LogP contribution in [0.2, 0.25) is 0 Å². The third-order valence-electron chi connectivity index (χ3n) is 7.34. The summed E-state index contributed by atoms with van der Waals surface area (Å²) >= 11 is 0. The summed E-state index contributed by atoms with van der Waals surface area (Å²) in [6.07, 6.45) is 5.38. The minimum absolute atomic E-state index is 0.0568. The Bertz CT molecular complexity index is 1520. The van der Waals surface area contributed by atoms with E-state index in [1.165, 1.54) is 6.07 Å². The molecule has 4 N–H and O–H groups in total. The van der Waals surface area contributed by atoms with Crippen molar-refractivity contribution < 1.29 is 19.5 Å². The molecule has 0 saturated heterocycles. The molecule has 1 atom stereocenters. The van der Waals surface area contributed by atoms with E-state index in [0.717, 1.165) is 18.5 Å². The Morgan fingerprint density at radius 2 is 1.92 bits per heavy atom. The molecule has 206 valence electrons. The van der Waals surface area contributed by atoms with Crippen molar-refractivity contribution in [3.63, 3.8) is 0 Å². The van der Waals surface area contributed by atoms with E-state index in [4.69, 9.17) is 0 Å². The van der Waals surface area contributed by atoms with Gasteiger partial charge in [-0.15, -0.1) is 0 Å². The van der Waals surface area contributed by atoms with Crippen LogP contribution >= 0.6 is 0 Å². The summed E-state index contributed by atoms with van der Waals surface area (Å²) in [6, 6.07) is 0.260. The molecule has 1 fully saturated rings. The number of aromatic nitrogens is 4. The number of H-pyrrole nitrogens is 1. The first-order valence-corrected chi connectivity index (χ1v) is 13.3. The number of rotatable bonds is 8. The van der Waals surface area contributed by atoms with E-state index in [-0.39, 0.29) is 24.2 Å². The van der Waals surface area contributed by atoms with Gasteiger partial charge in [0.2, 0.25) is 11.3 Å². The van der Waals surface area contributed by atoms with Crippen molar-refractivity contribution in [2.75, 3.05) is 6.54 Å². The molecule has 0 unspecified atom stereocenters. The van der Waals surface area contributed by atoms with Gasteiger partial charge in [-0.05, 0) is 32.6 Å². The van der Waals surface area contributed by atoms with Gasteiger partial charge >= 0.3 is 0 Å². The molecule has 3 aromatic rings. The van der Waals surface area contributed by atoms with Crippen molar-refractivity contribution in [3.05, 3.63) is 51.3 Å². The number of fused-ring (bicyclic) bond motifs is 2. The van der Waals surface area contributed by atoms with Crippen molar-refractivity contribution in [1.29, 1.82) is 0 Å². The van der Waals surface area contributed by atoms with Crippen molar-refractivity contribution in [3.8, 4) is 5.75 Å². The molecule has 0 spiro atoms. The third-order valence-corrected chi connectivity index (χ3v) is 7.34. The molecule has 0 aromatic carbocycles. The lowest BCUT2D eigenvalue weighted by Gasteiger charge is -2.34. The standard InChI is InChI=1S/C27H33N7O5/c1-13(2)20(32-25(37)17-11-28-24-21(17)31-18(12-29-24)15-5-6-15)26(38)30-10-16-9-19(35)23(36)22-27(39)33(14(3)4)7-8-34(16)22/h9,11-15,20,36H,5-8,10H2,1-4H3,(H,28,29)(H,30,38)(H,32,37)/t20-/m0/s1. The van der Waals surface area contributed by atoms with Crippen LogP contribution in [0, 0.1) is 5.92 Å². The van der Waals surface area contributed by atoms with Gasteiger partial charge in [-0.25, -0.2) is 9.97 Å². The molecule has 1 saturated carbocycles. The maximum atomic E-state index is 13.2. The Balaban J connectivity index is 1.33. The minimum atomic E-state index is -0.871. The summed E-state index contributed by atoms with van der Waals surface area (Å²) in [6.45, 7) is 8.08. The Hall–Kier alpha value is -4.22. The van der Waals surface area contributed by atoms with E-state index in [0.29, 0.717) is 41.4 Å². The smallest absolute Gasteiger partial charge is 0.274 e. The highest BCUT2D eigenvalue weighted by Crippen LogP contribution is 2.39. The fourth-order valence-corrected chi connectivity index (χ4v) is 4.94. The number of carbonyl (C=O) groups excluding carboxylic acids is 3. The fourth-order valence-electron chi connectivity index (χ4n) is 4.94. The van der Waals surface area contributed by atoms with E-state index in [1.807, 2.05) is 27.7 Å². The second-order valence-electron chi connectivity index (χ2n) is 10.8. The van der Waals surface area contributed by atoms with Crippen LogP contribution in [-0.4, -0.2) is 65.9 Å². The van der Waals surface area contributed by atoms with Gasteiger partial charge in [-0.2, -0.15) is 0 Å². The van der Waals surface area contributed by atoms with Gasteiger partial charge in [-0.3, -0.25) is 19.2 Å². The molecule has 1 aliphatic heterocycles. The molecular formula is C27H33N7O5. The molecule has 0 bridgehead atoms. The van der Waals surface area contributed by atoms with Crippen LogP contribution in [0.3, 0.4) is 0 Å². The summed E-state index contributed by atoms with van der Waals surface area (Å²) in [5, 5.41) is 16.0. The summed E-state index contributed by atoms with van der Waals surface area (Å²) in [5.41, 5.74) is 1.77. The quantitative estimate of drug-likeness (QED) is 0.341. The average Bonchev–Trinajstić information content (AvgIpc) is 3.66. The van der Waals surface area contributed by atoms with Gasteiger partial charge in [0.05, 0.1) is 24.0 Å². The fraction of sp³-hybridized carbons (Fsp3) is 0.481. The Kier molecular flexibility index (Phi) is 6.87. The second kappa shape index (κ2) is 10.2. The molecule has 1 aliphatic carbocycles. The predicted octanol–water partition coefficient (Wildman–Crippen LogP) is 1.64. The second-order valence-corrected chi connectivity index (χ2v) is 10.8. The summed E-state index contributed by atoms with van der Waals surface area (Å²) in [7, 11) is 0. The molecule has 0 radical (unpaired) electrons. The predicted molar refractivity (Wildman–Crippen MR) is 142 cm³/mol. The number of nitrogens with zero attached hydrogens (tertiary/aromatic N) is 4. The number of nitrogens with one attached hydrogen (secondary N) is 3. The van der Waals surface area contributed by atoms with Gasteiger partial charge in [0.15, 0.2) is 17.1 Å². The summed E-state index contributed by atoms with van der Waals surface area (Å²) in [5.74, 6) is -1.79. The zero-order valence-corrected chi connectivity index (χ0v) is 22.4. The van der Waals surface area contributed by atoms with Crippen molar-refractivity contribution in [1.82, 2.24) is 35.1 Å². The molecule has 3 aromatic heterocycles. The monoisotopic (exact) mass is 535 g/mol. The number of pyridine rings is 1. The van der Waals surface area contributed by atoms with Gasteiger partial charge in [0, 0.05) is 43.0 Å². The Morgan fingerprint density at radius 3 is 2.59 bits per heavy atom. The number of amides is 3. The van der Waals surface area contributed by atoms with Gasteiger partial charge in [0.25, 0.3) is 11.8 Å². The van der Waals surface area contributed by atoms with Crippen molar-refractivity contribution in [2.45, 2.75) is 71.6 Å². The van der Waals surface area contributed by atoms with E-state index in [9.17, 15) is 24.3 Å². The van der Waals surface area contributed by atoms with Crippen LogP contribution in [0.25, 0.3) is 11.2 Å². The normalized spacial score (nSPS) is 16.1. The van der Waals surface area contributed by atoms with Crippen LogP contribution < -0.4 is 16.1 Å². The summed E-state index contributed by atoms with van der Waals surface area (Å²) < 4.78 is 1.57. The topological polar surface area (TPSA) is 162 Å². The Labute approximate surface area is 224 Å². The number of aromatic hydroxyl groups is 1. The van der Waals surface area contributed by atoms with E-state index >= 15 is 0 Å². The van der Waals surface area contributed by atoms with Gasteiger partial charge < -0.3 is 30.2 Å². The molecule has 12 heteroatoms. The molecule has 3 amide bonds. The van der Waals surface area contributed by atoms with Gasteiger partial charge in [0.1, 0.15) is 11.6 Å². The highest BCUT2D eigenvalue weighted by atomic mass is 16.3. The van der Waals surface area contributed by atoms with E-state index in [1.54, 1.807) is 21.9 Å². The average molecular weight is 536 g/mol. The highest BCUT2D eigenvalue weighted by Gasteiger charge is 2.32. The highest BCUT2D eigenvalue weighted by molar-refractivity contribution is 6.06. The first kappa shape index (κ1) is 26.4. The first-order chi connectivity index (χ1) is 18.6. The first-order valence-electron chi connectivity index (χ1n) is 13.3. The number of hydrogen-bond donors (Lipinski definition) is 4. The third kappa shape index (κ3) is 4.98. The molecule has 5 rings (SSSR count). The molecular weight excluding hydrogens is 502 g/mol. The van der Waals surface area contributed by atoms with Crippen LogP contribution in [0.1, 0.15) is 78.7 Å². The maximum absolute atomic E-state index is 13.2. The Morgan fingerprint density at radius 1 is 1.18 bits per heavy atom. The van der Waals surface area contributed by atoms with Gasteiger partial charge in [-0.1, -0.05) is 13.8 Å². The lowest BCUT2D eigenvalue weighted by atomic mass is 10.0. The largest absolute Gasteiger partial charge is 0.503 e. The SMILES string of the molecule is CC(C)[C@H](NC(=O)c1c[nH]c2ncc(C3CC3)nc12)C(=O)NCc1cc(=O)c(O)c2n1CCN(C(C)C)C2=O. The molecule has 12 nitrogen and oxygen atoms in total. The van der Waals surface area contributed by atoms with Crippen LogP contribution in [0.4, 0.5) is 0 Å². The maximum Gasteiger partial charge on any atom is 0.274 e. The minimum Gasteiger partial charge on any atom is -0.503 e. The van der Waals surface area contributed by atoms with E-state index < -0.39 is 34.9 Å². The number of aromatic amines is 1. The number of hydrogen-bond acceptors (Lipinski definition) is 7. The molecule has 39 heavy (non-hydrogen) atoms. The van der Waals surface area contributed by atoms with Crippen molar-refractivity contribution in [2.24, 2.45) is 5.92 Å².